The Hall–Kier alpha value is -11.6. The number of nitrogen functional groups attached to an aromatic ring is 3. The number of aromatic nitrogens is 12. The highest BCUT2D eigenvalue weighted by molar-refractivity contribution is 6.05. The van der Waals surface area contributed by atoms with Gasteiger partial charge in [0.05, 0.1) is 47.0 Å². The zero-order valence-electron chi connectivity index (χ0n) is 54.5. The molecule has 100 heavy (non-hydrogen) atoms. The number of pyridine rings is 2. The molecule has 0 unspecified atom stereocenters. The Morgan fingerprint density at radius 3 is 1.38 bits per heavy atom. The number of nitrogens with zero attached hydrogens (tertiary/aromatic N) is 15. The number of imidazole rings is 2. The van der Waals surface area contributed by atoms with E-state index >= 15 is 0 Å². The SMILES string of the molecule is CC(C)(C)OC(=O)N1CC[C@@H](N2C(=O)Cc3c(N)ncnc32)C1.CC(C)(C)OC(=O)N1CC[C@@H](n2c(=O)n(-c3ccc(C(=O)Nc4ccc(C(F)(F)F)cn4)cc3)c3c(N)ncnc32)C1.Nc1ncnc2c1n(-c1ccc(C(=O)Nc3ccc(C(F)(F)F)cn3)cc1)c(=O)n2[C@@H]1CCNC1. The first-order valence-electron chi connectivity index (χ1n) is 31.2. The number of likely N-dealkylation sites (tertiary alicyclic amines) is 2. The van der Waals surface area contributed by atoms with Crippen LogP contribution < -0.4 is 49.4 Å². The van der Waals surface area contributed by atoms with Crippen LogP contribution in [0.15, 0.2) is 114 Å². The van der Waals surface area contributed by atoms with E-state index in [0.29, 0.717) is 96.8 Å². The number of alkyl halides is 6. The molecule has 7 aromatic heterocycles. The van der Waals surface area contributed by atoms with Crippen LogP contribution in [0.3, 0.4) is 0 Å². The van der Waals surface area contributed by atoms with Crippen molar-refractivity contribution in [3.8, 4) is 11.4 Å². The number of ether oxygens (including phenoxy) is 2. The van der Waals surface area contributed by atoms with Crippen molar-refractivity contribution in [1.82, 2.24) is 73.3 Å². The number of nitrogens with one attached hydrogen (secondary N) is 3. The second-order valence-corrected chi connectivity index (χ2v) is 25.6. The maximum Gasteiger partial charge on any atom is 0.417 e. The second kappa shape index (κ2) is 27.4. The van der Waals surface area contributed by atoms with Crippen molar-refractivity contribution in [3.05, 3.63) is 153 Å². The minimum atomic E-state index is -4.55. The van der Waals surface area contributed by atoms with Crippen molar-refractivity contribution in [1.29, 1.82) is 0 Å². The average Bonchev–Trinajstić information content (AvgIpc) is 1.60. The van der Waals surface area contributed by atoms with Crippen molar-refractivity contribution in [3.63, 3.8) is 0 Å². The summed E-state index contributed by atoms with van der Waals surface area (Å²) in [5.41, 5.74) is 17.5. The normalized spacial score (nSPS) is 17.0. The number of nitrogens with two attached hydrogens (primary N) is 3. The number of halogens is 6. The lowest BCUT2D eigenvalue weighted by Gasteiger charge is -2.26. The highest BCUT2D eigenvalue weighted by Gasteiger charge is 2.42. The Labute approximate surface area is 563 Å². The van der Waals surface area contributed by atoms with Crippen LogP contribution in [-0.4, -0.2) is 154 Å². The standard InChI is InChI=1S/C27H27F3N8O4.C22H19F3N8O2.C15H21N5O3/c1-26(2,3)42-25(41)36-11-10-18(13-36)38-22-20(21(31)33-14-34-22)37(24(38)40)17-7-4-15(5-8-17)23(39)35-19-9-6-16(12-32-19)27(28,29)30;23-22(24,25)13-3-6-16(28-9-13)31-20(34)12-1-4-14(5-2-12)32-17-18(26)29-11-30-19(17)33(21(32)35)15-7-8-27-10-15;1-15(2,3)23-14(22)19-5-4-9(7-19)20-11(21)6-10-12(16)17-8-18-13(10)20/h4-9,12,14,18H,10-11,13H2,1-3H3,(H2,31,33,34)(H,32,35,39);1-6,9,11,15,27H,7-8,10H2,(H2,26,29,30)(H,28,31,34);8-9H,4-7H2,1-3H3,(H2,16,17,18)/t18-;15-;9-/m111/s1. The molecule has 4 aliphatic rings. The first-order chi connectivity index (χ1) is 47.2. The summed E-state index contributed by atoms with van der Waals surface area (Å²) in [6, 6.07) is 15.2. The topological polar surface area (TPSA) is 385 Å². The van der Waals surface area contributed by atoms with Crippen LogP contribution >= 0.6 is 0 Å². The number of fused-ring (bicyclic) bond motifs is 3. The summed E-state index contributed by atoms with van der Waals surface area (Å²) in [4.78, 5) is 126. The summed E-state index contributed by atoms with van der Waals surface area (Å²) < 4.78 is 93.1. The van der Waals surface area contributed by atoms with Crippen LogP contribution in [0.25, 0.3) is 33.7 Å². The highest BCUT2D eigenvalue weighted by atomic mass is 19.4. The summed E-state index contributed by atoms with van der Waals surface area (Å²) in [7, 11) is 0. The molecule has 36 heteroatoms. The summed E-state index contributed by atoms with van der Waals surface area (Å²) in [6.45, 7) is 13.8. The molecule has 13 rings (SSSR count). The van der Waals surface area contributed by atoms with Crippen LogP contribution in [-0.2, 0) is 33.0 Å². The van der Waals surface area contributed by atoms with Gasteiger partial charge in [-0.15, -0.1) is 0 Å². The third kappa shape index (κ3) is 14.9. The van der Waals surface area contributed by atoms with Gasteiger partial charge in [-0.05, 0) is 140 Å². The molecule has 4 aliphatic heterocycles. The van der Waals surface area contributed by atoms with Gasteiger partial charge in [0.25, 0.3) is 11.8 Å². The van der Waals surface area contributed by atoms with Gasteiger partial charge >= 0.3 is 35.9 Å². The number of hydrogen-bond donors (Lipinski definition) is 6. The Kier molecular flexibility index (Phi) is 19.1. The maximum atomic E-state index is 13.8. The van der Waals surface area contributed by atoms with E-state index < -0.39 is 64.3 Å². The van der Waals surface area contributed by atoms with Gasteiger partial charge in [-0.1, -0.05) is 0 Å². The van der Waals surface area contributed by atoms with Gasteiger partial charge < -0.3 is 52.4 Å². The van der Waals surface area contributed by atoms with E-state index in [9.17, 15) is 59.9 Å². The molecule has 11 heterocycles. The van der Waals surface area contributed by atoms with Crippen LogP contribution in [0.1, 0.15) is 110 Å². The molecule has 30 nitrogen and oxygen atoms in total. The van der Waals surface area contributed by atoms with E-state index in [2.05, 4.69) is 55.8 Å². The second-order valence-electron chi connectivity index (χ2n) is 25.6. The Bertz CT molecular complexity index is 4720. The molecule has 524 valence electrons. The van der Waals surface area contributed by atoms with E-state index in [-0.39, 0.29) is 82.7 Å². The minimum Gasteiger partial charge on any atom is -0.444 e. The third-order valence-electron chi connectivity index (χ3n) is 16.3. The predicted octanol–water partition coefficient (Wildman–Crippen LogP) is 7.33. The summed E-state index contributed by atoms with van der Waals surface area (Å²) in [6.07, 6.45) is -2.54. The number of carbonyl (C=O) groups excluding carboxylic acids is 5. The third-order valence-corrected chi connectivity index (χ3v) is 16.3. The van der Waals surface area contributed by atoms with Crippen molar-refractivity contribution in [2.75, 3.05) is 72.0 Å². The lowest BCUT2D eigenvalue weighted by atomic mass is 10.2. The van der Waals surface area contributed by atoms with Gasteiger partial charge in [0.15, 0.2) is 22.9 Å². The summed E-state index contributed by atoms with van der Waals surface area (Å²) >= 11 is 0. The molecule has 9 aromatic rings. The highest BCUT2D eigenvalue weighted by Crippen LogP contribution is 2.36. The fourth-order valence-corrected chi connectivity index (χ4v) is 11.7. The summed E-state index contributed by atoms with van der Waals surface area (Å²) in [5.74, 6) is -0.201. The Balaban J connectivity index is 0.000000157. The molecule has 0 bridgehead atoms. The van der Waals surface area contributed by atoms with Crippen molar-refractivity contribution < 1.29 is 59.8 Å². The minimum absolute atomic E-state index is 0.0264. The average molecular weight is 1390 g/mol. The first kappa shape index (κ1) is 69.8. The van der Waals surface area contributed by atoms with Crippen LogP contribution in [0.4, 0.5) is 70.8 Å². The molecular weight excluding hydrogens is 1320 g/mol. The van der Waals surface area contributed by atoms with Gasteiger partial charge in [-0.3, -0.25) is 37.6 Å². The number of hydrogen-bond acceptors (Lipinski definition) is 21. The molecule has 3 fully saturated rings. The lowest BCUT2D eigenvalue weighted by Crippen LogP contribution is -2.42. The lowest BCUT2D eigenvalue weighted by molar-refractivity contribution is -0.138. The van der Waals surface area contributed by atoms with E-state index in [4.69, 9.17) is 26.7 Å². The number of rotatable bonds is 9. The first-order valence-corrected chi connectivity index (χ1v) is 31.2. The zero-order valence-corrected chi connectivity index (χ0v) is 54.5. The van der Waals surface area contributed by atoms with E-state index in [1.165, 1.54) is 74.0 Å². The molecular formula is C64H67F6N21O9. The molecule has 5 amide bonds. The molecule has 0 radical (unpaired) electrons. The largest absolute Gasteiger partial charge is 0.444 e. The van der Waals surface area contributed by atoms with Crippen LogP contribution in [0.2, 0.25) is 0 Å². The molecule has 0 spiro atoms. The molecule has 3 atom stereocenters. The van der Waals surface area contributed by atoms with Crippen molar-refractivity contribution in [2.24, 2.45) is 0 Å². The number of carbonyl (C=O) groups is 5. The van der Waals surface area contributed by atoms with Crippen molar-refractivity contribution in [2.45, 2.75) is 109 Å². The number of benzene rings is 2. The van der Waals surface area contributed by atoms with E-state index in [0.717, 1.165) is 37.2 Å². The van der Waals surface area contributed by atoms with Crippen LogP contribution in [0.5, 0.6) is 0 Å². The number of amides is 5. The molecule has 0 saturated carbocycles. The summed E-state index contributed by atoms with van der Waals surface area (Å²) in [5, 5.41) is 8.12. The Morgan fingerprint density at radius 2 is 0.960 bits per heavy atom. The van der Waals surface area contributed by atoms with Crippen LogP contribution in [0, 0.1) is 0 Å². The quantitative estimate of drug-likeness (QED) is 0.0770. The monoisotopic (exact) mass is 1390 g/mol. The van der Waals surface area contributed by atoms with E-state index in [1.807, 2.05) is 20.8 Å². The molecule has 2 aromatic carbocycles. The fourth-order valence-electron chi connectivity index (χ4n) is 11.7. The van der Waals surface area contributed by atoms with Gasteiger partial charge in [-0.25, -0.2) is 59.0 Å². The smallest absolute Gasteiger partial charge is 0.417 e. The number of anilines is 6. The molecule has 0 aliphatic carbocycles. The molecule has 3 saturated heterocycles. The van der Waals surface area contributed by atoms with Gasteiger partial charge in [0.1, 0.15) is 64.5 Å². The van der Waals surface area contributed by atoms with Gasteiger partial charge in [0, 0.05) is 61.8 Å². The maximum absolute atomic E-state index is 13.8. The predicted molar refractivity (Wildman–Crippen MR) is 351 cm³/mol. The van der Waals surface area contributed by atoms with E-state index in [1.54, 1.807) is 47.3 Å². The zero-order chi connectivity index (χ0) is 71.9. The van der Waals surface area contributed by atoms with Crippen molar-refractivity contribution >= 4 is 87.1 Å². The van der Waals surface area contributed by atoms with Gasteiger partial charge in [-0.2, -0.15) is 26.3 Å². The van der Waals surface area contributed by atoms with Gasteiger partial charge in [0.2, 0.25) is 5.91 Å². The molecule has 9 N–H and O–H groups in total. The fraction of sp³-hybridized carbons (Fsp3) is 0.359. The Morgan fingerprint density at radius 1 is 0.530 bits per heavy atom.